The number of hydrogen-bond acceptors (Lipinski definition) is 6. The van der Waals surface area contributed by atoms with Crippen molar-refractivity contribution in [3.8, 4) is 21.3 Å². The van der Waals surface area contributed by atoms with E-state index < -0.39 is 21.7 Å². The predicted octanol–water partition coefficient (Wildman–Crippen LogP) is 5.22. The Labute approximate surface area is 184 Å². The number of nitrogens with zero attached hydrogens (tertiary/aromatic N) is 4. The van der Waals surface area contributed by atoms with Gasteiger partial charge in [0, 0.05) is 17.6 Å². The maximum absolute atomic E-state index is 13.0. The molecular weight excluding hydrogens is 473 g/mol. The predicted molar refractivity (Wildman–Crippen MR) is 113 cm³/mol. The van der Waals surface area contributed by atoms with Gasteiger partial charge in [0.05, 0.1) is 23.0 Å². The van der Waals surface area contributed by atoms with Crippen LogP contribution in [0.4, 0.5) is 13.2 Å². The summed E-state index contributed by atoms with van der Waals surface area (Å²) in [5.41, 5.74) is -0.0180. The summed E-state index contributed by atoms with van der Waals surface area (Å²) in [4.78, 5) is 12.3. The lowest BCUT2D eigenvalue weighted by molar-refractivity contribution is -0.141. The van der Waals surface area contributed by atoms with Crippen LogP contribution in [0.2, 0.25) is 5.02 Å². The molecule has 0 aliphatic heterocycles. The molecule has 162 valence electrons. The first-order chi connectivity index (χ1) is 14.5. The fraction of sp³-hybridized carbons (Fsp3) is 0.211. The van der Waals surface area contributed by atoms with Crippen LogP contribution in [0.15, 0.2) is 41.6 Å². The van der Waals surface area contributed by atoms with Crippen LogP contribution in [0.1, 0.15) is 12.6 Å². The van der Waals surface area contributed by atoms with E-state index in [1.54, 1.807) is 31.3 Å². The van der Waals surface area contributed by atoms with Gasteiger partial charge in [0.25, 0.3) is 0 Å². The van der Waals surface area contributed by atoms with Crippen molar-refractivity contribution < 1.29 is 21.6 Å². The Hall–Kier alpha value is -2.50. The first kappa shape index (κ1) is 21.7. The maximum Gasteiger partial charge on any atom is 0.433 e. The van der Waals surface area contributed by atoms with Crippen molar-refractivity contribution in [3.05, 3.63) is 47.2 Å². The second kappa shape index (κ2) is 7.57. The average Bonchev–Trinajstić information content (AvgIpc) is 3.30. The topological polar surface area (TPSA) is 77.7 Å². The van der Waals surface area contributed by atoms with Gasteiger partial charge in [-0.3, -0.25) is 0 Å². The zero-order valence-corrected chi connectivity index (χ0v) is 18.5. The van der Waals surface area contributed by atoms with E-state index in [2.05, 4.69) is 15.0 Å². The van der Waals surface area contributed by atoms with Crippen LogP contribution in [0.5, 0.6) is 0 Å². The highest BCUT2D eigenvalue weighted by atomic mass is 35.5. The van der Waals surface area contributed by atoms with Crippen LogP contribution in [0, 0.1) is 0 Å². The SMILES string of the molecule is CCS(=O)(=O)c1nc(-c2ccc(Cl)cc2)sc1-c1nc2cc(C(F)(F)F)ncc2n1C. The standard InChI is InChI=1S/C19H14ClF3N4O2S2/c1-3-31(28,29)18-15(30-17(26-18)10-4-6-11(20)7-5-10)16-25-12-8-14(19(21,22)23)24-9-13(12)27(16)2/h4-9H,3H2,1-2H3. The molecule has 0 unspecified atom stereocenters. The Balaban J connectivity index is 1.95. The van der Waals surface area contributed by atoms with Gasteiger partial charge in [-0.05, 0) is 18.2 Å². The van der Waals surface area contributed by atoms with Gasteiger partial charge in [0.15, 0.2) is 20.7 Å². The number of pyridine rings is 1. The molecule has 0 atom stereocenters. The van der Waals surface area contributed by atoms with Crippen LogP contribution in [-0.4, -0.2) is 33.7 Å². The number of halogens is 4. The summed E-state index contributed by atoms with van der Waals surface area (Å²) in [5, 5.41) is 0.789. The molecule has 31 heavy (non-hydrogen) atoms. The van der Waals surface area contributed by atoms with Crippen molar-refractivity contribution in [2.45, 2.75) is 18.1 Å². The summed E-state index contributed by atoms with van der Waals surface area (Å²) in [5.74, 6) is 0.00825. The molecule has 0 radical (unpaired) electrons. The van der Waals surface area contributed by atoms with Crippen LogP contribution in [0.25, 0.3) is 32.3 Å². The number of benzene rings is 1. The fourth-order valence-electron chi connectivity index (χ4n) is 2.96. The molecule has 0 aliphatic carbocycles. The number of sulfone groups is 1. The van der Waals surface area contributed by atoms with E-state index >= 15 is 0 Å². The van der Waals surface area contributed by atoms with Crippen molar-refractivity contribution in [1.29, 1.82) is 0 Å². The molecule has 6 nitrogen and oxygen atoms in total. The first-order valence-electron chi connectivity index (χ1n) is 8.91. The van der Waals surface area contributed by atoms with E-state index in [9.17, 15) is 21.6 Å². The molecule has 0 aliphatic rings. The van der Waals surface area contributed by atoms with Gasteiger partial charge in [0.1, 0.15) is 15.6 Å². The van der Waals surface area contributed by atoms with E-state index in [0.29, 0.717) is 21.1 Å². The van der Waals surface area contributed by atoms with Gasteiger partial charge in [-0.25, -0.2) is 23.4 Å². The number of aryl methyl sites for hydroxylation is 1. The van der Waals surface area contributed by atoms with Crippen LogP contribution in [0.3, 0.4) is 0 Å². The molecule has 3 heterocycles. The Morgan fingerprint density at radius 2 is 1.84 bits per heavy atom. The Morgan fingerprint density at radius 3 is 2.45 bits per heavy atom. The summed E-state index contributed by atoms with van der Waals surface area (Å²) in [7, 11) is -2.15. The normalized spacial score (nSPS) is 12.6. The summed E-state index contributed by atoms with van der Waals surface area (Å²) in [6, 6.07) is 7.58. The minimum absolute atomic E-state index is 0.0566. The number of rotatable bonds is 4. The maximum atomic E-state index is 13.0. The summed E-state index contributed by atoms with van der Waals surface area (Å²) < 4.78 is 66.1. The quantitative estimate of drug-likeness (QED) is 0.395. The molecule has 12 heteroatoms. The van der Waals surface area contributed by atoms with Crippen LogP contribution >= 0.6 is 22.9 Å². The van der Waals surface area contributed by atoms with E-state index in [1.807, 2.05) is 0 Å². The summed E-state index contributed by atoms with van der Waals surface area (Å²) in [6.45, 7) is 1.49. The number of thiazole rings is 1. The van der Waals surface area contributed by atoms with E-state index in [0.717, 1.165) is 23.6 Å². The van der Waals surface area contributed by atoms with Crippen molar-refractivity contribution in [1.82, 2.24) is 19.5 Å². The molecule has 0 bridgehead atoms. The van der Waals surface area contributed by atoms with E-state index in [-0.39, 0.29) is 27.0 Å². The molecule has 0 N–H and O–H groups in total. The second-order valence-corrected chi connectivity index (χ2v) is 10.2. The number of aromatic nitrogens is 4. The number of hydrogen-bond donors (Lipinski definition) is 0. The smallest absolute Gasteiger partial charge is 0.325 e. The Bertz CT molecular complexity index is 1390. The van der Waals surface area contributed by atoms with Crippen molar-refractivity contribution in [2.24, 2.45) is 7.05 Å². The third kappa shape index (κ3) is 3.92. The lowest BCUT2D eigenvalue weighted by Gasteiger charge is -2.05. The van der Waals surface area contributed by atoms with E-state index in [4.69, 9.17) is 11.6 Å². The average molecular weight is 487 g/mol. The molecule has 1 aromatic carbocycles. The highest BCUT2D eigenvalue weighted by Gasteiger charge is 2.33. The summed E-state index contributed by atoms with van der Waals surface area (Å²) in [6.07, 6.45) is -3.54. The van der Waals surface area contributed by atoms with Gasteiger partial charge < -0.3 is 4.57 Å². The largest absolute Gasteiger partial charge is 0.433 e. The van der Waals surface area contributed by atoms with Crippen molar-refractivity contribution in [2.75, 3.05) is 5.75 Å². The van der Waals surface area contributed by atoms with Crippen LogP contribution < -0.4 is 0 Å². The fourth-order valence-corrected chi connectivity index (χ4v) is 5.52. The Morgan fingerprint density at radius 1 is 1.16 bits per heavy atom. The molecule has 4 rings (SSSR count). The molecule has 3 aromatic heterocycles. The third-order valence-electron chi connectivity index (χ3n) is 4.62. The number of imidazole rings is 1. The summed E-state index contributed by atoms with van der Waals surface area (Å²) >= 11 is 7.02. The van der Waals surface area contributed by atoms with Gasteiger partial charge in [-0.1, -0.05) is 30.7 Å². The van der Waals surface area contributed by atoms with Gasteiger partial charge in [-0.2, -0.15) is 13.2 Å². The van der Waals surface area contributed by atoms with E-state index in [1.165, 1.54) is 11.5 Å². The molecule has 0 saturated carbocycles. The first-order valence-corrected chi connectivity index (χ1v) is 11.8. The van der Waals surface area contributed by atoms with Crippen LogP contribution in [-0.2, 0) is 23.1 Å². The highest BCUT2D eigenvalue weighted by molar-refractivity contribution is 7.91. The minimum atomic E-state index is -4.62. The monoisotopic (exact) mass is 486 g/mol. The number of alkyl halides is 3. The minimum Gasteiger partial charge on any atom is -0.325 e. The molecule has 0 amide bonds. The Kier molecular flexibility index (Phi) is 5.31. The van der Waals surface area contributed by atoms with Crippen molar-refractivity contribution >= 4 is 43.8 Å². The molecular formula is C19H14ClF3N4O2S2. The zero-order valence-electron chi connectivity index (χ0n) is 16.1. The van der Waals surface area contributed by atoms with Gasteiger partial charge in [0.2, 0.25) is 0 Å². The molecule has 4 aromatic rings. The van der Waals surface area contributed by atoms with Gasteiger partial charge >= 0.3 is 6.18 Å². The molecule has 0 fully saturated rings. The lowest BCUT2D eigenvalue weighted by atomic mass is 10.2. The van der Waals surface area contributed by atoms with Crippen molar-refractivity contribution in [3.63, 3.8) is 0 Å². The second-order valence-electron chi connectivity index (χ2n) is 6.61. The van der Waals surface area contributed by atoms with Gasteiger partial charge in [-0.15, -0.1) is 11.3 Å². The third-order valence-corrected chi connectivity index (χ3v) is 7.75. The number of fused-ring (bicyclic) bond motifs is 1. The zero-order chi connectivity index (χ0) is 22.6. The molecule has 0 saturated heterocycles. The highest BCUT2D eigenvalue weighted by Crippen LogP contribution is 2.39. The lowest BCUT2D eigenvalue weighted by Crippen LogP contribution is -2.07. The molecule has 0 spiro atoms.